The van der Waals surface area contributed by atoms with E-state index in [0.29, 0.717) is 5.69 Å². The fourth-order valence-corrected chi connectivity index (χ4v) is 13.4. The number of carbonyl (C=O) groups excluding carboxylic acids is 3. The molecule has 1 aromatic rings. The number of pyridine rings is 1. The summed E-state index contributed by atoms with van der Waals surface area (Å²) in [6.45, 7) is 24.6. The Hall–Kier alpha value is -2.61. The van der Waals surface area contributed by atoms with Crippen molar-refractivity contribution in [2.75, 3.05) is 10.8 Å². The molecule has 0 atom stereocenters. The number of ether oxygens (including phenoxy) is 5. The highest BCUT2D eigenvalue weighted by Crippen LogP contribution is 2.40. The van der Waals surface area contributed by atoms with Crippen LogP contribution in [0.15, 0.2) is 6.07 Å². The van der Waals surface area contributed by atoms with Crippen molar-refractivity contribution in [3.63, 3.8) is 0 Å². The molecule has 0 spiro atoms. The van der Waals surface area contributed by atoms with Gasteiger partial charge in [0.15, 0.2) is 0 Å². The van der Waals surface area contributed by atoms with Crippen molar-refractivity contribution in [2.45, 2.75) is 99.0 Å². The first-order valence-electron chi connectivity index (χ1n) is 11.9. The van der Waals surface area contributed by atoms with Gasteiger partial charge in [0.2, 0.25) is 5.88 Å². The molecule has 0 fully saturated rings. The van der Waals surface area contributed by atoms with Gasteiger partial charge in [-0.25, -0.2) is 14.4 Å². The van der Waals surface area contributed by atoms with Gasteiger partial charge in [0.05, 0.1) is 17.9 Å². The number of carbonyl (C=O) groups is 3. The highest BCUT2D eigenvalue weighted by atomic mass is 28.4. The lowest BCUT2D eigenvalue weighted by Gasteiger charge is -2.46. The second-order valence-electron chi connectivity index (χ2n) is 12.2. The smallest absolute Gasteiger partial charge is 0.462 e. The average molecular weight is 543 g/mol. The maximum absolute atomic E-state index is 13.2. The van der Waals surface area contributed by atoms with Gasteiger partial charge in [-0.15, -0.1) is 0 Å². The van der Waals surface area contributed by atoms with E-state index in [1.54, 1.807) is 48.5 Å². The predicted octanol–water partition coefficient (Wildman–Crippen LogP) is 6.36. The van der Waals surface area contributed by atoms with Crippen LogP contribution in [0, 0.1) is 0 Å². The summed E-state index contributed by atoms with van der Waals surface area (Å²) in [4.78, 5) is 42.5. The van der Waals surface area contributed by atoms with Crippen LogP contribution in [0.25, 0.3) is 0 Å². The molecule has 12 heteroatoms. The summed E-state index contributed by atoms with van der Waals surface area (Å²) in [5.41, 5.74) is -1.27. The molecule has 0 saturated heterocycles. The van der Waals surface area contributed by atoms with Crippen LogP contribution in [0.3, 0.4) is 0 Å². The largest absolute Gasteiger partial charge is 0.515 e. The van der Waals surface area contributed by atoms with E-state index < -0.39 is 46.0 Å². The summed E-state index contributed by atoms with van der Waals surface area (Å²) in [6.07, 6.45) is -2.03. The molecule has 0 bridgehead atoms. The summed E-state index contributed by atoms with van der Waals surface area (Å²) in [5.74, 6) is -1.15. The first-order chi connectivity index (χ1) is 16.0. The van der Waals surface area contributed by atoms with E-state index in [-0.39, 0.29) is 23.9 Å². The summed E-state index contributed by atoms with van der Waals surface area (Å²) in [5, 5.41) is 0. The number of esters is 1. The van der Waals surface area contributed by atoms with E-state index in [4.69, 9.17) is 23.7 Å². The lowest BCUT2D eigenvalue weighted by molar-refractivity contribution is 0.0183. The minimum absolute atomic E-state index is 0.0637. The second kappa shape index (κ2) is 11.2. The van der Waals surface area contributed by atoms with Gasteiger partial charge >= 0.3 is 18.3 Å². The van der Waals surface area contributed by atoms with Crippen LogP contribution in [-0.2, 0) is 14.2 Å². The number of rotatable bonds is 7. The Morgan fingerprint density at radius 2 is 1.28 bits per heavy atom. The van der Waals surface area contributed by atoms with E-state index >= 15 is 0 Å². The molecule has 0 aromatic carbocycles. The number of nitrogens with zero attached hydrogens (tertiary/aromatic N) is 2. The standard InChI is InChI=1S/C24H42N2O8Si2/c1-14-30-20(27)16-15-17(31-21(28)33-23(2,3)4)25-19(32-22(29)34-24(5,6)7)18(16)26(35(8,9)10)36(11,12)13/h15H,14H2,1-13H3. The van der Waals surface area contributed by atoms with Gasteiger partial charge in [0.25, 0.3) is 5.88 Å². The lowest BCUT2D eigenvalue weighted by atomic mass is 10.2. The Morgan fingerprint density at radius 1 is 0.833 bits per heavy atom. The number of hydrogen-bond donors (Lipinski definition) is 0. The van der Waals surface area contributed by atoms with Gasteiger partial charge in [-0.2, -0.15) is 4.98 Å². The van der Waals surface area contributed by atoms with Crippen molar-refractivity contribution in [1.29, 1.82) is 0 Å². The molecule has 1 heterocycles. The Labute approximate surface area is 216 Å². The monoisotopic (exact) mass is 542 g/mol. The van der Waals surface area contributed by atoms with Crippen LogP contribution in [0.5, 0.6) is 11.8 Å². The first kappa shape index (κ1) is 31.4. The Balaban J connectivity index is 3.90. The van der Waals surface area contributed by atoms with E-state index in [0.717, 1.165) is 0 Å². The molecule has 0 aliphatic heterocycles. The minimum atomic E-state index is -2.19. The molecule has 0 aliphatic rings. The minimum Gasteiger partial charge on any atom is -0.462 e. The molecule has 10 nitrogen and oxygen atoms in total. The molecule has 0 amide bonds. The molecule has 204 valence electrons. The molecule has 0 N–H and O–H groups in total. The fourth-order valence-electron chi connectivity index (χ4n) is 3.58. The second-order valence-corrected chi connectivity index (χ2v) is 22.2. The molecular weight excluding hydrogens is 500 g/mol. The van der Waals surface area contributed by atoms with Crippen molar-refractivity contribution in [3.05, 3.63) is 11.6 Å². The number of aromatic nitrogens is 1. The molecule has 1 rings (SSSR count). The molecule has 0 radical (unpaired) electrons. The van der Waals surface area contributed by atoms with Crippen molar-refractivity contribution < 1.29 is 38.1 Å². The molecule has 36 heavy (non-hydrogen) atoms. The third kappa shape index (κ3) is 9.80. The van der Waals surface area contributed by atoms with Crippen LogP contribution in [0.1, 0.15) is 58.8 Å². The number of anilines is 1. The maximum Gasteiger partial charge on any atom is 0.515 e. The zero-order valence-electron chi connectivity index (χ0n) is 23.9. The van der Waals surface area contributed by atoms with Gasteiger partial charge in [-0.1, -0.05) is 39.3 Å². The molecule has 0 aliphatic carbocycles. The third-order valence-corrected chi connectivity index (χ3v) is 11.3. The van der Waals surface area contributed by atoms with Crippen molar-refractivity contribution in [1.82, 2.24) is 4.98 Å². The molecular formula is C24H42N2O8Si2. The Kier molecular flexibility index (Phi) is 9.78. The van der Waals surface area contributed by atoms with E-state index in [1.807, 2.05) is 0 Å². The van der Waals surface area contributed by atoms with Gasteiger partial charge in [0, 0.05) is 6.07 Å². The SMILES string of the molecule is CCOC(=O)c1cc(OC(=O)OC(C)(C)C)nc(OC(=O)OC(C)(C)C)c1N([Si](C)(C)C)[Si](C)(C)C. The average Bonchev–Trinajstić information content (AvgIpc) is 2.57. The summed E-state index contributed by atoms with van der Waals surface area (Å²) >= 11 is 0. The quantitative estimate of drug-likeness (QED) is 0.219. The molecule has 1 aromatic heterocycles. The van der Waals surface area contributed by atoms with Gasteiger partial charge < -0.3 is 27.9 Å². The topological polar surface area (TPSA) is 113 Å². The zero-order chi connectivity index (χ0) is 28.3. The molecule has 0 unspecified atom stereocenters. The summed E-state index contributed by atoms with van der Waals surface area (Å²) in [6, 6.07) is 1.31. The predicted molar refractivity (Wildman–Crippen MR) is 143 cm³/mol. The summed E-state index contributed by atoms with van der Waals surface area (Å²) < 4.78 is 28.9. The van der Waals surface area contributed by atoms with E-state index in [2.05, 4.69) is 48.5 Å². The third-order valence-electron chi connectivity index (χ3n) is 4.14. The van der Waals surface area contributed by atoms with Gasteiger partial charge in [-0.05, 0) is 48.5 Å². The van der Waals surface area contributed by atoms with Crippen LogP contribution in [0.4, 0.5) is 15.3 Å². The Morgan fingerprint density at radius 3 is 1.67 bits per heavy atom. The highest BCUT2D eigenvalue weighted by Gasteiger charge is 2.41. The van der Waals surface area contributed by atoms with Crippen molar-refractivity contribution >= 4 is 40.4 Å². The van der Waals surface area contributed by atoms with E-state index in [9.17, 15) is 14.4 Å². The molecule has 0 saturated carbocycles. The Bertz CT molecular complexity index is 957. The highest BCUT2D eigenvalue weighted by molar-refractivity contribution is 6.99. The lowest BCUT2D eigenvalue weighted by Crippen LogP contribution is -2.60. The van der Waals surface area contributed by atoms with Crippen LogP contribution < -0.4 is 13.7 Å². The van der Waals surface area contributed by atoms with Crippen LogP contribution >= 0.6 is 0 Å². The van der Waals surface area contributed by atoms with E-state index in [1.165, 1.54) is 6.07 Å². The van der Waals surface area contributed by atoms with Gasteiger partial charge in [-0.3, -0.25) is 0 Å². The van der Waals surface area contributed by atoms with Crippen molar-refractivity contribution in [3.8, 4) is 11.8 Å². The fraction of sp³-hybridized carbons (Fsp3) is 0.667. The van der Waals surface area contributed by atoms with Crippen LogP contribution in [-0.4, -0.2) is 57.5 Å². The van der Waals surface area contributed by atoms with Gasteiger partial charge in [0.1, 0.15) is 27.7 Å². The zero-order valence-corrected chi connectivity index (χ0v) is 25.9. The maximum atomic E-state index is 13.2. The summed E-state index contributed by atoms with van der Waals surface area (Å²) in [7, 11) is -4.38. The van der Waals surface area contributed by atoms with Crippen molar-refractivity contribution in [2.24, 2.45) is 0 Å². The number of hydrogen-bond acceptors (Lipinski definition) is 10. The first-order valence-corrected chi connectivity index (χ1v) is 18.8. The normalized spacial score (nSPS) is 12.5. The van der Waals surface area contributed by atoms with Crippen LogP contribution in [0.2, 0.25) is 39.3 Å².